The lowest BCUT2D eigenvalue weighted by Gasteiger charge is -2.13. The van der Waals surface area contributed by atoms with Gasteiger partial charge in [0.1, 0.15) is 5.01 Å². The number of hydrogen-bond donors (Lipinski definition) is 2. The van der Waals surface area contributed by atoms with Gasteiger partial charge in [0.25, 0.3) is 0 Å². The maximum Gasteiger partial charge on any atom is 0.110 e. The van der Waals surface area contributed by atoms with Crippen LogP contribution in [0, 0.1) is 12.8 Å². The van der Waals surface area contributed by atoms with Crippen molar-refractivity contribution in [1.29, 1.82) is 0 Å². The second-order valence-electron chi connectivity index (χ2n) is 4.65. The molecule has 2 N–H and O–H groups in total. The number of aryl methyl sites for hydroxylation is 1. The summed E-state index contributed by atoms with van der Waals surface area (Å²) in [4.78, 5) is 4.50. The van der Waals surface area contributed by atoms with Gasteiger partial charge in [0.2, 0.25) is 0 Å². The summed E-state index contributed by atoms with van der Waals surface area (Å²) in [5.41, 5.74) is 1.13. The van der Waals surface area contributed by atoms with Crippen molar-refractivity contribution in [3.05, 3.63) is 16.1 Å². The molecule has 1 fully saturated rings. The molecule has 16 heavy (non-hydrogen) atoms. The Kier molecular flexibility index (Phi) is 4.32. The van der Waals surface area contributed by atoms with Gasteiger partial charge in [-0.25, -0.2) is 4.98 Å². The molecule has 1 aromatic heterocycles. The molecule has 0 saturated carbocycles. The zero-order valence-electron chi connectivity index (χ0n) is 10.1. The van der Waals surface area contributed by atoms with Crippen LogP contribution in [0.5, 0.6) is 0 Å². The Morgan fingerprint density at radius 1 is 1.69 bits per heavy atom. The van der Waals surface area contributed by atoms with Crippen molar-refractivity contribution in [1.82, 2.24) is 15.6 Å². The molecule has 4 heteroatoms. The minimum Gasteiger partial charge on any atom is -0.316 e. The van der Waals surface area contributed by atoms with Gasteiger partial charge >= 0.3 is 0 Å². The average molecular weight is 239 g/mol. The highest BCUT2D eigenvalue weighted by molar-refractivity contribution is 7.09. The maximum absolute atomic E-state index is 4.50. The van der Waals surface area contributed by atoms with E-state index in [1.54, 1.807) is 11.3 Å². The van der Waals surface area contributed by atoms with Gasteiger partial charge < -0.3 is 10.6 Å². The molecule has 1 saturated heterocycles. The van der Waals surface area contributed by atoms with Crippen LogP contribution in [0.2, 0.25) is 0 Å². The van der Waals surface area contributed by atoms with E-state index in [1.165, 1.54) is 30.9 Å². The van der Waals surface area contributed by atoms with Crippen LogP contribution in [-0.4, -0.2) is 24.6 Å². The molecular formula is C12H21N3S. The lowest BCUT2D eigenvalue weighted by Crippen LogP contribution is -2.22. The first-order chi connectivity index (χ1) is 7.75. The van der Waals surface area contributed by atoms with Gasteiger partial charge in [0.05, 0.1) is 6.04 Å². The third-order valence-corrected chi connectivity index (χ3v) is 4.32. The first-order valence-electron chi connectivity index (χ1n) is 6.12. The normalized spacial score (nSPS) is 22.5. The molecule has 0 spiro atoms. The predicted octanol–water partition coefficient (Wildman–Crippen LogP) is 2.10. The first kappa shape index (κ1) is 12.0. The van der Waals surface area contributed by atoms with E-state index >= 15 is 0 Å². The van der Waals surface area contributed by atoms with Crippen LogP contribution in [0.3, 0.4) is 0 Å². The largest absolute Gasteiger partial charge is 0.316 e. The van der Waals surface area contributed by atoms with Crippen molar-refractivity contribution in [2.24, 2.45) is 5.92 Å². The van der Waals surface area contributed by atoms with Crippen molar-refractivity contribution in [3.8, 4) is 0 Å². The third-order valence-electron chi connectivity index (χ3n) is 3.17. The number of rotatable bonds is 5. The Balaban J connectivity index is 1.69. The minimum absolute atomic E-state index is 0.396. The van der Waals surface area contributed by atoms with Crippen LogP contribution in [-0.2, 0) is 0 Å². The summed E-state index contributed by atoms with van der Waals surface area (Å²) in [6, 6.07) is 0.396. The summed E-state index contributed by atoms with van der Waals surface area (Å²) in [7, 11) is 0. The van der Waals surface area contributed by atoms with E-state index in [1.807, 2.05) is 0 Å². The molecule has 2 heterocycles. The van der Waals surface area contributed by atoms with Gasteiger partial charge in [-0.1, -0.05) is 0 Å². The molecule has 1 aliphatic heterocycles. The number of aromatic nitrogens is 1. The molecule has 90 valence electrons. The Bertz CT molecular complexity index is 318. The highest BCUT2D eigenvalue weighted by Crippen LogP contribution is 2.18. The Morgan fingerprint density at radius 2 is 2.56 bits per heavy atom. The summed E-state index contributed by atoms with van der Waals surface area (Å²) < 4.78 is 0. The van der Waals surface area contributed by atoms with E-state index in [2.05, 4.69) is 34.8 Å². The minimum atomic E-state index is 0.396. The highest BCUT2D eigenvalue weighted by Gasteiger charge is 2.14. The van der Waals surface area contributed by atoms with Crippen LogP contribution in [0.25, 0.3) is 0 Å². The molecule has 1 aliphatic rings. The lowest BCUT2D eigenvalue weighted by molar-refractivity contribution is 0.471. The molecule has 2 atom stereocenters. The zero-order valence-corrected chi connectivity index (χ0v) is 10.9. The topological polar surface area (TPSA) is 37.0 Å². The Morgan fingerprint density at radius 3 is 3.19 bits per heavy atom. The summed E-state index contributed by atoms with van der Waals surface area (Å²) in [5.74, 6) is 0.873. The fourth-order valence-corrected chi connectivity index (χ4v) is 2.95. The van der Waals surface area contributed by atoms with E-state index < -0.39 is 0 Å². The van der Waals surface area contributed by atoms with Crippen LogP contribution < -0.4 is 10.6 Å². The molecule has 0 bridgehead atoms. The van der Waals surface area contributed by atoms with Crippen molar-refractivity contribution < 1.29 is 0 Å². The van der Waals surface area contributed by atoms with Gasteiger partial charge in [0.15, 0.2) is 0 Å². The second kappa shape index (κ2) is 5.75. The van der Waals surface area contributed by atoms with E-state index in [0.717, 1.165) is 18.2 Å². The summed E-state index contributed by atoms with van der Waals surface area (Å²) in [5, 5.41) is 10.3. The molecule has 2 rings (SSSR count). The fraction of sp³-hybridized carbons (Fsp3) is 0.750. The first-order valence-corrected chi connectivity index (χ1v) is 7.00. The van der Waals surface area contributed by atoms with Crippen molar-refractivity contribution >= 4 is 11.3 Å². The van der Waals surface area contributed by atoms with Gasteiger partial charge in [-0.2, -0.15) is 0 Å². The van der Waals surface area contributed by atoms with E-state index in [4.69, 9.17) is 0 Å². The number of thiazole rings is 1. The molecule has 0 radical (unpaired) electrons. The highest BCUT2D eigenvalue weighted by atomic mass is 32.1. The molecule has 0 aliphatic carbocycles. The van der Waals surface area contributed by atoms with E-state index in [0.29, 0.717) is 6.04 Å². The summed E-state index contributed by atoms with van der Waals surface area (Å²) in [6.07, 6.45) is 2.62. The van der Waals surface area contributed by atoms with E-state index in [-0.39, 0.29) is 0 Å². The zero-order chi connectivity index (χ0) is 11.4. The van der Waals surface area contributed by atoms with Gasteiger partial charge in [-0.3, -0.25) is 0 Å². The molecule has 0 amide bonds. The quantitative estimate of drug-likeness (QED) is 0.826. The predicted molar refractivity (Wildman–Crippen MR) is 68.9 cm³/mol. The third kappa shape index (κ3) is 3.27. The maximum atomic E-state index is 4.50. The lowest BCUT2D eigenvalue weighted by atomic mass is 10.1. The fourth-order valence-electron chi connectivity index (χ4n) is 2.12. The second-order valence-corrected chi connectivity index (χ2v) is 5.54. The molecular weight excluding hydrogens is 218 g/mol. The van der Waals surface area contributed by atoms with Crippen molar-refractivity contribution in [2.75, 3.05) is 19.6 Å². The van der Waals surface area contributed by atoms with Crippen molar-refractivity contribution in [2.45, 2.75) is 32.7 Å². The number of nitrogens with zero attached hydrogens (tertiary/aromatic N) is 1. The number of hydrogen-bond acceptors (Lipinski definition) is 4. The smallest absolute Gasteiger partial charge is 0.110 e. The van der Waals surface area contributed by atoms with Crippen molar-refractivity contribution in [3.63, 3.8) is 0 Å². The summed E-state index contributed by atoms with van der Waals surface area (Å²) >= 11 is 1.75. The molecule has 0 aromatic carbocycles. The Hall–Kier alpha value is -0.450. The Labute approximate surface area is 102 Å². The SMILES string of the molecule is Cc1csc(C(C)NCCC2CCNC2)n1. The molecule has 2 unspecified atom stereocenters. The summed E-state index contributed by atoms with van der Waals surface area (Å²) in [6.45, 7) is 7.76. The van der Waals surface area contributed by atoms with Gasteiger partial charge in [0, 0.05) is 11.1 Å². The van der Waals surface area contributed by atoms with Gasteiger partial charge in [-0.05, 0) is 52.2 Å². The monoisotopic (exact) mass is 239 g/mol. The van der Waals surface area contributed by atoms with E-state index in [9.17, 15) is 0 Å². The number of nitrogens with one attached hydrogen (secondary N) is 2. The average Bonchev–Trinajstić information content (AvgIpc) is 2.89. The van der Waals surface area contributed by atoms with Crippen LogP contribution in [0.15, 0.2) is 5.38 Å². The molecule has 1 aromatic rings. The van der Waals surface area contributed by atoms with Gasteiger partial charge in [-0.15, -0.1) is 11.3 Å². The standard InChI is InChI=1S/C12H21N3S/c1-9-8-16-12(15-9)10(2)14-6-4-11-3-5-13-7-11/h8,10-11,13-14H,3-7H2,1-2H3. The molecule has 3 nitrogen and oxygen atoms in total. The van der Waals surface area contributed by atoms with Crippen LogP contribution in [0.1, 0.15) is 36.5 Å². The van der Waals surface area contributed by atoms with Crippen LogP contribution in [0.4, 0.5) is 0 Å². The van der Waals surface area contributed by atoms with Crippen LogP contribution >= 0.6 is 11.3 Å².